The number of thiazole rings is 1. The van der Waals surface area contributed by atoms with Gasteiger partial charge in [0.25, 0.3) is 5.91 Å². The normalized spacial score (nSPS) is 21.1. The van der Waals surface area contributed by atoms with Crippen LogP contribution in [0.4, 0.5) is 5.13 Å². The Kier molecular flexibility index (Phi) is 8.03. The number of hydrogen-bond acceptors (Lipinski definition) is 6. The number of amides is 2. The predicted octanol–water partition coefficient (Wildman–Crippen LogP) is 4.75. The minimum Gasteiger partial charge on any atom is -0.378 e. The van der Waals surface area contributed by atoms with Crippen LogP contribution in [-0.2, 0) is 9.53 Å². The van der Waals surface area contributed by atoms with E-state index in [-0.39, 0.29) is 23.1 Å². The molecule has 2 fully saturated rings. The molecule has 4 rings (SSSR count). The number of likely N-dealkylation sites (tertiary alicyclic amines) is 1. The number of carbonyl (C=O) groups excluding carboxylic acids is 2. The van der Waals surface area contributed by atoms with Crippen molar-refractivity contribution >= 4 is 39.9 Å². The Hall–Kier alpha value is -2.16. The molecule has 0 radical (unpaired) electrons. The quantitative estimate of drug-likeness (QED) is 0.597. The number of rotatable bonds is 6. The molecule has 1 unspecified atom stereocenters. The lowest BCUT2D eigenvalue weighted by Gasteiger charge is -2.45. The summed E-state index contributed by atoms with van der Waals surface area (Å²) in [5.41, 5.74) is 1.62. The van der Waals surface area contributed by atoms with Crippen molar-refractivity contribution in [2.75, 3.05) is 44.7 Å². The summed E-state index contributed by atoms with van der Waals surface area (Å²) in [5, 5.41) is 6.44. The lowest BCUT2D eigenvalue weighted by Crippen LogP contribution is -2.53. The molecule has 0 aliphatic carbocycles. The van der Waals surface area contributed by atoms with Crippen molar-refractivity contribution in [3.63, 3.8) is 0 Å². The molecule has 0 saturated carbocycles. The van der Waals surface area contributed by atoms with Gasteiger partial charge in [-0.3, -0.25) is 9.59 Å². The van der Waals surface area contributed by atoms with Crippen LogP contribution in [0.2, 0.25) is 5.02 Å². The minimum absolute atomic E-state index is 0.0673. The molecule has 3 heterocycles. The Labute approximate surface area is 216 Å². The third kappa shape index (κ3) is 5.98. The lowest BCUT2D eigenvalue weighted by atomic mass is 9.70. The van der Waals surface area contributed by atoms with Crippen LogP contribution in [0.25, 0.3) is 0 Å². The van der Waals surface area contributed by atoms with Crippen LogP contribution in [0.15, 0.2) is 29.6 Å². The van der Waals surface area contributed by atoms with E-state index in [9.17, 15) is 9.59 Å². The van der Waals surface area contributed by atoms with Gasteiger partial charge in [-0.1, -0.05) is 51.4 Å². The number of benzene rings is 1. The van der Waals surface area contributed by atoms with Gasteiger partial charge in [-0.05, 0) is 41.4 Å². The first kappa shape index (κ1) is 25.9. The zero-order chi connectivity index (χ0) is 25.2. The minimum atomic E-state index is -0.407. The zero-order valence-electron chi connectivity index (χ0n) is 20.9. The number of aromatic nitrogens is 1. The van der Waals surface area contributed by atoms with E-state index in [0.717, 1.165) is 11.4 Å². The monoisotopic (exact) mass is 518 g/mol. The number of morpholine rings is 1. The highest BCUT2D eigenvalue weighted by Gasteiger charge is 2.40. The van der Waals surface area contributed by atoms with Gasteiger partial charge in [0.05, 0.1) is 13.2 Å². The maximum absolute atomic E-state index is 13.6. The highest BCUT2D eigenvalue weighted by molar-refractivity contribution is 7.13. The summed E-state index contributed by atoms with van der Waals surface area (Å²) in [6.07, 6.45) is 0.903. The largest absolute Gasteiger partial charge is 0.378 e. The van der Waals surface area contributed by atoms with Crippen molar-refractivity contribution in [3.8, 4) is 0 Å². The number of carbonyl (C=O) groups is 2. The molecule has 9 heteroatoms. The van der Waals surface area contributed by atoms with E-state index in [1.807, 2.05) is 30.9 Å². The summed E-state index contributed by atoms with van der Waals surface area (Å²) in [6.45, 7) is 12.2. The van der Waals surface area contributed by atoms with Gasteiger partial charge in [0, 0.05) is 36.6 Å². The van der Waals surface area contributed by atoms with E-state index in [2.05, 4.69) is 36.3 Å². The van der Waals surface area contributed by atoms with Crippen molar-refractivity contribution in [1.29, 1.82) is 0 Å². The fraction of sp³-hybridized carbons (Fsp3) is 0.577. The molecule has 1 aromatic carbocycles. The van der Waals surface area contributed by atoms with Crippen LogP contribution in [0.3, 0.4) is 0 Å². The number of piperidine rings is 1. The molecule has 1 aromatic heterocycles. The van der Waals surface area contributed by atoms with E-state index in [1.54, 1.807) is 10.3 Å². The smallest absolute Gasteiger partial charge is 0.273 e. The SMILES string of the molecule is CC(C)[C@@H](Nc1nc(C(=O)N2CCOCC2)cs1)C(=O)N1CCC(c2ccc(Cl)cc2)C(C)(C)C1. The average molecular weight is 519 g/mol. The Morgan fingerprint density at radius 1 is 1.14 bits per heavy atom. The second kappa shape index (κ2) is 10.8. The Morgan fingerprint density at radius 3 is 2.46 bits per heavy atom. The molecule has 2 atom stereocenters. The van der Waals surface area contributed by atoms with E-state index < -0.39 is 6.04 Å². The van der Waals surface area contributed by atoms with Crippen molar-refractivity contribution in [2.24, 2.45) is 11.3 Å². The molecule has 7 nitrogen and oxygen atoms in total. The van der Waals surface area contributed by atoms with Gasteiger partial charge < -0.3 is 19.9 Å². The molecule has 0 bridgehead atoms. The van der Waals surface area contributed by atoms with Crippen LogP contribution in [-0.4, -0.2) is 72.0 Å². The van der Waals surface area contributed by atoms with Gasteiger partial charge in [-0.2, -0.15) is 0 Å². The molecule has 190 valence electrons. The topological polar surface area (TPSA) is 74.8 Å². The first-order valence-electron chi connectivity index (χ1n) is 12.3. The van der Waals surface area contributed by atoms with E-state index in [4.69, 9.17) is 16.3 Å². The van der Waals surface area contributed by atoms with E-state index in [1.165, 1.54) is 16.9 Å². The highest BCUT2D eigenvalue weighted by Crippen LogP contribution is 2.42. The lowest BCUT2D eigenvalue weighted by molar-refractivity contribution is -0.136. The average Bonchev–Trinajstić information content (AvgIpc) is 3.31. The van der Waals surface area contributed by atoms with Crippen molar-refractivity contribution in [2.45, 2.75) is 46.1 Å². The molecular formula is C26H35ClN4O3S. The molecule has 0 spiro atoms. The van der Waals surface area contributed by atoms with Crippen molar-refractivity contribution in [1.82, 2.24) is 14.8 Å². The number of nitrogens with one attached hydrogen (secondary N) is 1. The molecule has 1 N–H and O–H groups in total. The molecule has 2 amide bonds. The molecule has 35 heavy (non-hydrogen) atoms. The third-order valence-corrected chi connectivity index (χ3v) is 8.07. The van der Waals surface area contributed by atoms with Gasteiger partial charge in [-0.15, -0.1) is 11.3 Å². The van der Waals surface area contributed by atoms with E-state index >= 15 is 0 Å². The second-order valence-corrected chi connectivity index (χ2v) is 11.7. The summed E-state index contributed by atoms with van der Waals surface area (Å²) in [4.78, 5) is 34.7. The van der Waals surface area contributed by atoms with Gasteiger partial charge in [0.1, 0.15) is 11.7 Å². The van der Waals surface area contributed by atoms with Crippen LogP contribution >= 0.6 is 22.9 Å². The number of halogens is 1. The highest BCUT2D eigenvalue weighted by atomic mass is 35.5. The Bertz CT molecular complexity index is 1030. The molecule has 2 aliphatic heterocycles. The van der Waals surface area contributed by atoms with Gasteiger partial charge >= 0.3 is 0 Å². The number of anilines is 1. The van der Waals surface area contributed by atoms with Crippen LogP contribution < -0.4 is 5.32 Å². The van der Waals surface area contributed by atoms with Gasteiger partial charge in [-0.25, -0.2) is 4.98 Å². The van der Waals surface area contributed by atoms with Crippen LogP contribution in [0.1, 0.15) is 56.1 Å². The number of nitrogens with zero attached hydrogens (tertiary/aromatic N) is 3. The fourth-order valence-electron chi connectivity index (χ4n) is 5.07. The summed E-state index contributed by atoms with van der Waals surface area (Å²) in [5.74, 6) is 0.429. The fourth-order valence-corrected chi connectivity index (χ4v) is 5.92. The summed E-state index contributed by atoms with van der Waals surface area (Å²) >= 11 is 7.45. The van der Waals surface area contributed by atoms with Gasteiger partial charge in [0.2, 0.25) is 5.91 Å². The molecule has 2 saturated heterocycles. The maximum atomic E-state index is 13.6. The molecule has 2 aromatic rings. The van der Waals surface area contributed by atoms with E-state index in [0.29, 0.717) is 56.1 Å². The summed E-state index contributed by atoms with van der Waals surface area (Å²) in [7, 11) is 0. The second-order valence-electron chi connectivity index (χ2n) is 10.4. The first-order valence-corrected chi connectivity index (χ1v) is 13.5. The Balaban J connectivity index is 1.42. The van der Waals surface area contributed by atoms with Gasteiger partial charge in [0.15, 0.2) is 5.13 Å². The van der Waals surface area contributed by atoms with Crippen molar-refractivity contribution < 1.29 is 14.3 Å². The van der Waals surface area contributed by atoms with Crippen LogP contribution in [0, 0.1) is 11.3 Å². The predicted molar refractivity (Wildman–Crippen MR) is 140 cm³/mol. The number of ether oxygens (including phenoxy) is 1. The summed E-state index contributed by atoms with van der Waals surface area (Å²) in [6, 6.07) is 7.67. The molecular weight excluding hydrogens is 484 g/mol. The third-order valence-electron chi connectivity index (χ3n) is 7.05. The molecule has 2 aliphatic rings. The summed E-state index contributed by atoms with van der Waals surface area (Å²) < 4.78 is 5.33. The maximum Gasteiger partial charge on any atom is 0.273 e. The standard InChI is InChI=1S/C26H35ClN4O3S/c1-17(2)22(29-25-28-21(15-35-25)23(32)30-11-13-34-14-12-30)24(33)31-10-9-20(26(3,4)16-31)18-5-7-19(27)8-6-18/h5-8,15,17,20,22H,9-14,16H2,1-4H3,(H,28,29)/t20?,22-/m1/s1. The number of hydrogen-bond donors (Lipinski definition) is 1. The van der Waals surface area contributed by atoms with Crippen molar-refractivity contribution in [3.05, 3.63) is 45.9 Å². The Morgan fingerprint density at radius 2 is 1.83 bits per heavy atom. The van der Waals surface area contributed by atoms with Crippen LogP contribution in [0.5, 0.6) is 0 Å². The first-order chi connectivity index (χ1) is 16.7. The zero-order valence-corrected chi connectivity index (χ0v) is 22.5.